The monoisotopic (exact) mass is 349 g/mol. The molecule has 0 aromatic heterocycles. The van der Waals surface area contributed by atoms with E-state index in [2.05, 4.69) is 37.2 Å². The van der Waals surface area contributed by atoms with Crippen molar-refractivity contribution in [2.24, 2.45) is 0 Å². The highest BCUT2D eigenvalue weighted by Gasteiger charge is 2.11. The summed E-state index contributed by atoms with van der Waals surface area (Å²) in [6, 6.07) is 3.85. The van der Waals surface area contributed by atoms with Crippen molar-refractivity contribution in [2.75, 3.05) is 5.32 Å². The van der Waals surface area contributed by atoms with Crippen LogP contribution < -0.4 is 5.32 Å². The summed E-state index contributed by atoms with van der Waals surface area (Å²) in [6.07, 6.45) is -0.594. The average Bonchev–Trinajstić information content (AvgIpc) is 2.09. The molecule has 1 rings (SSSR count). The Labute approximate surface area is 112 Å². The highest BCUT2D eigenvalue weighted by Crippen LogP contribution is 2.32. The van der Waals surface area contributed by atoms with E-state index < -0.39 is 6.09 Å². The Bertz CT molecular complexity index is 382. The molecule has 0 fully saturated rings. The van der Waals surface area contributed by atoms with Crippen molar-refractivity contribution in [1.29, 1.82) is 0 Å². The molecule has 0 radical (unpaired) electrons. The van der Waals surface area contributed by atoms with Gasteiger partial charge in [-0.05, 0) is 70.3 Å². The van der Waals surface area contributed by atoms with Crippen LogP contribution in [0.3, 0.4) is 0 Å². The number of carbonyl (C=O) groups is 1. The maximum atomic E-state index is 11.4. The summed E-state index contributed by atoms with van der Waals surface area (Å²) in [5.74, 6) is 0. The fourth-order valence-corrected chi connectivity index (χ4v) is 2.78. The van der Waals surface area contributed by atoms with Gasteiger partial charge in [0.15, 0.2) is 0 Å². The second-order valence-corrected chi connectivity index (χ2v) is 5.39. The summed E-state index contributed by atoms with van der Waals surface area (Å²) in [7, 11) is 0. The van der Waals surface area contributed by atoms with Crippen molar-refractivity contribution in [2.45, 2.75) is 26.9 Å². The van der Waals surface area contributed by atoms with Gasteiger partial charge in [-0.3, -0.25) is 5.32 Å². The molecule has 16 heavy (non-hydrogen) atoms. The van der Waals surface area contributed by atoms with Gasteiger partial charge in [0.2, 0.25) is 0 Å². The van der Waals surface area contributed by atoms with Crippen LogP contribution in [0.1, 0.15) is 19.4 Å². The normalized spacial score (nSPS) is 10.4. The Kier molecular flexibility index (Phi) is 4.80. The smallest absolute Gasteiger partial charge is 0.411 e. The quantitative estimate of drug-likeness (QED) is 0.854. The fourth-order valence-electron chi connectivity index (χ4n) is 1.16. The van der Waals surface area contributed by atoms with Crippen LogP contribution in [0.15, 0.2) is 21.1 Å². The molecule has 0 saturated carbocycles. The highest BCUT2D eigenvalue weighted by atomic mass is 79.9. The molecule has 88 valence electrons. The minimum atomic E-state index is -0.458. The molecule has 1 amide bonds. The summed E-state index contributed by atoms with van der Waals surface area (Å²) in [4.78, 5) is 11.4. The number of nitrogens with one attached hydrogen (secondary N) is 1. The number of anilines is 1. The van der Waals surface area contributed by atoms with Gasteiger partial charge in [0.1, 0.15) is 0 Å². The summed E-state index contributed by atoms with van der Waals surface area (Å²) >= 11 is 6.78. The van der Waals surface area contributed by atoms with Gasteiger partial charge >= 0.3 is 6.09 Å². The number of halogens is 2. The minimum Gasteiger partial charge on any atom is -0.447 e. The molecule has 1 aromatic rings. The van der Waals surface area contributed by atoms with Crippen molar-refractivity contribution >= 4 is 43.6 Å². The van der Waals surface area contributed by atoms with Gasteiger partial charge < -0.3 is 4.74 Å². The van der Waals surface area contributed by atoms with Gasteiger partial charge in [-0.1, -0.05) is 0 Å². The minimum absolute atomic E-state index is 0.136. The van der Waals surface area contributed by atoms with E-state index in [-0.39, 0.29) is 6.10 Å². The van der Waals surface area contributed by atoms with E-state index in [0.717, 1.165) is 14.5 Å². The predicted octanol–water partition coefficient (Wildman–Crippen LogP) is 4.48. The second-order valence-electron chi connectivity index (χ2n) is 3.68. The van der Waals surface area contributed by atoms with Gasteiger partial charge in [-0.15, -0.1) is 0 Å². The van der Waals surface area contributed by atoms with Crippen LogP contribution in [0, 0.1) is 6.92 Å². The molecule has 5 heteroatoms. The zero-order valence-corrected chi connectivity index (χ0v) is 12.5. The number of hydrogen-bond donors (Lipinski definition) is 1. The first-order chi connectivity index (χ1) is 7.40. The van der Waals surface area contributed by atoms with Crippen molar-refractivity contribution in [3.8, 4) is 0 Å². The summed E-state index contributed by atoms with van der Waals surface area (Å²) in [5, 5.41) is 2.68. The Balaban J connectivity index is 2.85. The third-order valence-corrected chi connectivity index (χ3v) is 3.01. The Hall–Kier alpha value is -0.550. The Morgan fingerprint density at radius 3 is 2.25 bits per heavy atom. The van der Waals surface area contributed by atoms with Crippen molar-refractivity contribution in [3.63, 3.8) is 0 Å². The molecule has 0 atom stereocenters. The van der Waals surface area contributed by atoms with Crippen LogP contribution in [0.4, 0.5) is 10.5 Å². The van der Waals surface area contributed by atoms with Crippen LogP contribution >= 0.6 is 31.9 Å². The molecular weight excluding hydrogens is 338 g/mol. The second kappa shape index (κ2) is 5.68. The van der Waals surface area contributed by atoms with Crippen LogP contribution in [0.2, 0.25) is 0 Å². The lowest BCUT2D eigenvalue weighted by molar-refractivity contribution is 0.130. The first-order valence-electron chi connectivity index (χ1n) is 4.83. The van der Waals surface area contributed by atoms with Gasteiger partial charge in [-0.2, -0.15) is 0 Å². The van der Waals surface area contributed by atoms with E-state index in [1.165, 1.54) is 0 Å². The average molecular weight is 351 g/mol. The maximum Gasteiger partial charge on any atom is 0.411 e. The highest BCUT2D eigenvalue weighted by molar-refractivity contribution is 9.11. The molecule has 1 aromatic carbocycles. The van der Waals surface area contributed by atoms with Gasteiger partial charge in [0, 0.05) is 8.95 Å². The first kappa shape index (κ1) is 13.5. The van der Waals surface area contributed by atoms with Crippen molar-refractivity contribution in [3.05, 3.63) is 26.6 Å². The zero-order chi connectivity index (χ0) is 12.3. The molecule has 0 heterocycles. The number of ether oxygens (including phenoxy) is 1. The maximum absolute atomic E-state index is 11.4. The lowest BCUT2D eigenvalue weighted by Gasteiger charge is -2.12. The molecule has 3 nitrogen and oxygen atoms in total. The van der Waals surface area contributed by atoms with Gasteiger partial charge in [0.05, 0.1) is 11.8 Å². The Morgan fingerprint density at radius 1 is 1.31 bits per heavy atom. The molecule has 0 aliphatic carbocycles. The lowest BCUT2D eigenvalue weighted by atomic mass is 10.2. The molecular formula is C11H13Br2NO2. The number of amides is 1. The van der Waals surface area contributed by atoms with Crippen LogP contribution in [0.25, 0.3) is 0 Å². The third kappa shape index (κ3) is 3.79. The van der Waals surface area contributed by atoms with E-state index in [9.17, 15) is 4.79 Å². The number of hydrogen-bond acceptors (Lipinski definition) is 2. The van der Waals surface area contributed by atoms with Crippen LogP contribution in [-0.4, -0.2) is 12.2 Å². The molecule has 0 spiro atoms. The number of aryl methyl sites for hydroxylation is 1. The van der Waals surface area contributed by atoms with Crippen LogP contribution in [0.5, 0.6) is 0 Å². The molecule has 0 aliphatic heterocycles. The molecule has 1 N–H and O–H groups in total. The van der Waals surface area contributed by atoms with E-state index in [1.807, 2.05) is 19.1 Å². The fraction of sp³-hybridized carbons (Fsp3) is 0.364. The predicted molar refractivity (Wildman–Crippen MR) is 71.8 cm³/mol. The number of benzene rings is 1. The first-order valence-corrected chi connectivity index (χ1v) is 6.42. The third-order valence-electron chi connectivity index (χ3n) is 1.76. The van der Waals surface area contributed by atoms with Gasteiger partial charge in [-0.25, -0.2) is 4.79 Å². The Morgan fingerprint density at radius 2 is 1.81 bits per heavy atom. The standard InChI is InChI=1S/C11H13Br2NO2/c1-6(2)16-11(15)14-10-8(12)4-7(3)5-9(10)13/h4-6H,1-3H3,(H,14,15). The molecule has 0 aliphatic rings. The summed E-state index contributed by atoms with van der Waals surface area (Å²) in [5.41, 5.74) is 1.78. The SMILES string of the molecule is Cc1cc(Br)c(NC(=O)OC(C)C)c(Br)c1. The van der Waals surface area contributed by atoms with E-state index >= 15 is 0 Å². The largest absolute Gasteiger partial charge is 0.447 e. The molecule has 0 saturated heterocycles. The summed E-state index contributed by atoms with van der Waals surface area (Å²) in [6.45, 7) is 5.59. The van der Waals surface area contributed by atoms with E-state index in [0.29, 0.717) is 5.69 Å². The van der Waals surface area contributed by atoms with Crippen molar-refractivity contribution in [1.82, 2.24) is 0 Å². The molecule has 0 unspecified atom stereocenters. The van der Waals surface area contributed by atoms with E-state index in [4.69, 9.17) is 4.74 Å². The number of rotatable bonds is 2. The summed E-state index contributed by atoms with van der Waals surface area (Å²) < 4.78 is 6.64. The van der Waals surface area contributed by atoms with Crippen LogP contribution in [-0.2, 0) is 4.74 Å². The number of carbonyl (C=O) groups excluding carboxylic acids is 1. The van der Waals surface area contributed by atoms with Crippen molar-refractivity contribution < 1.29 is 9.53 Å². The van der Waals surface area contributed by atoms with E-state index in [1.54, 1.807) is 13.8 Å². The lowest BCUT2D eigenvalue weighted by Crippen LogP contribution is -2.18. The van der Waals surface area contributed by atoms with Gasteiger partial charge in [0.25, 0.3) is 0 Å². The molecule has 0 bridgehead atoms. The topological polar surface area (TPSA) is 38.3 Å². The zero-order valence-electron chi connectivity index (χ0n) is 9.30.